The largest absolute Gasteiger partial charge is 0.368 e. The van der Waals surface area contributed by atoms with E-state index >= 15 is 0 Å². The molecule has 0 saturated carbocycles. The summed E-state index contributed by atoms with van der Waals surface area (Å²) in [6, 6.07) is 9.72. The topological polar surface area (TPSA) is 105 Å². The van der Waals surface area contributed by atoms with Gasteiger partial charge in [-0.15, -0.1) is 10.2 Å². The molecule has 0 fully saturated rings. The number of amides is 1. The number of hydrogen-bond acceptors (Lipinski definition) is 7. The third-order valence-corrected chi connectivity index (χ3v) is 4.41. The third kappa shape index (κ3) is 4.12. The lowest BCUT2D eigenvalue weighted by molar-refractivity contribution is -0.120. The van der Waals surface area contributed by atoms with Crippen LogP contribution in [0.15, 0.2) is 80.8 Å². The van der Waals surface area contributed by atoms with Gasteiger partial charge in [-0.1, -0.05) is 59.8 Å². The SMILES string of the molecule is O=C1N=NC(NCCCNCc2nc(-c3ccccc3)no2)=C2C=CC=CC12. The normalized spacial score (nSPS) is 17.9. The van der Waals surface area contributed by atoms with Gasteiger partial charge in [0.15, 0.2) is 5.82 Å². The first-order valence-electron chi connectivity index (χ1n) is 9.18. The molecule has 2 N–H and O–H groups in total. The van der Waals surface area contributed by atoms with E-state index in [1.807, 2.05) is 54.6 Å². The molecule has 1 unspecified atom stereocenters. The smallest absolute Gasteiger partial charge is 0.276 e. The first kappa shape index (κ1) is 18.0. The molecule has 2 heterocycles. The maximum atomic E-state index is 11.8. The number of nitrogens with zero attached hydrogens (tertiary/aromatic N) is 4. The summed E-state index contributed by atoms with van der Waals surface area (Å²) in [5.74, 6) is 1.26. The molecule has 2 aromatic rings. The van der Waals surface area contributed by atoms with Crippen LogP contribution < -0.4 is 10.6 Å². The summed E-state index contributed by atoms with van der Waals surface area (Å²) in [7, 11) is 0. The molecule has 1 aromatic heterocycles. The van der Waals surface area contributed by atoms with Crippen molar-refractivity contribution in [1.82, 2.24) is 20.8 Å². The Morgan fingerprint density at radius 2 is 1.96 bits per heavy atom. The Hall–Kier alpha value is -3.39. The Balaban J connectivity index is 1.20. The van der Waals surface area contributed by atoms with Crippen molar-refractivity contribution in [1.29, 1.82) is 0 Å². The van der Waals surface area contributed by atoms with E-state index < -0.39 is 0 Å². The van der Waals surface area contributed by atoms with Crippen LogP contribution in [0.3, 0.4) is 0 Å². The van der Waals surface area contributed by atoms with Crippen molar-refractivity contribution < 1.29 is 9.32 Å². The van der Waals surface area contributed by atoms with Crippen molar-refractivity contribution in [2.75, 3.05) is 13.1 Å². The van der Waals surface area contributed by atoms with Crippen molar-refractivity contribution >= 4 is 5.91 Å². The average Bonchev–Trinajstić information content (AvgIpc) is 3.22. The lowest BCUT2D eigenvalue weighted by Gasteiger charge is -2.20. The van der Waals surface area contributed by atoms with Crippen LogP contribution in [0.25, 0.3) is 11.4 Å². The van der Waals surface area contributed by atoms with Crippen LogP contribution in [0.1, 0.15) is 12.3 Å². The number of hydrogen-bond donors (Lipinski definition) is 2. The monoisotopic (exact) mass is 376 g/mol. The van der Waals surface area contributed by atoms with E-state index in [9.17, 15) is 4.79 Å². The minimum absolute atomic E-state index is 0.225. The summed E-state index contributed by atoms with van der Waals surface area (Å²) < 4.78 is 5.27. The lowest BCUT2D eigenvalue weighted by Crippen LogP contribution is -2.26. The molecule has 2 aliphatic rings. The first-order valence-corrected chi connectivity index (χ1v) is 9.18. The van der Waals surface area contributed by atoms with Crippen LogP contribution in [0.5, 0.6) is 0 Å². The zero-order chi connectivity index (χ0) is 19.2. The number of allylic oxidation sites excluding steroid dienone is 3. The van der Waals surface area contributed by atoms with E-state index in [0.29, 0.717) is 30.6 Å². The fourth-order valence-corrected chi connectivity index (χ4v) is 2.99. The Morgan fingerprint density at radius 3 is 2.86 bits per heavy atom. The van der Waals surface area contributed by atoms with Crippen LogP contribution in [0, 0.1) is 5.92 Å². The molecule has 0 saturated heterocycles. The molecule has 1 aliphatic carbocycles. The van der Waals surface area contributed by atoms with Gasteiger partial charge in [-0.05, 0) is 13.0 Å². The maximum Gasteiger partial charge on any atom is 0.276 e. The number of carbonyl (C=O) groups excluding carboxylic acids is 1. The van der Waals surface area contributed by atoms with Crippen molar-refractivity contribution in [3.8, 4) is 11.4 Å². The van der Waals surface area contributed by atoms with Crippen LogP contribution in [0.2, 0.25) is 0 Å². The Bertz CT molecular complexity index is 958. The van der Waals surface area contributed by atoms with Gasteiger partial charge in [-0.3, -0.25) is 4.79 Å². The molecule has 8 heteroatoms. The van der Waals surface area contributed by atoms with Gasteiger partial charge in [-0.2, -0.15) is 4.98 Å². The maximum absolute atomic E-state index is 11.8. The minimum Gasteiger partial charge on any atom is -0.368 e. The summed E-state index contributed by atoms with van der Waals surface area (Å²) in [4.78, 5) is 16.2. The van der Waals surface area contributed by atoms with Crippen molar-refractivity contribution in [3.05, 3.63) is 71.9 Å². The summed E-state index contributed by atoms with van der Waals surface area (Å²) in [6.45, 7) is 1.99. The molecule has 8 nitrogen and oxygen atoms in total. The van der Waals surface area contributed by atoms with Crippen LogP contribution in [0.4, 0.5) is 0 Å². The number of azo groups is 1. The zero-order valence-corrected chi connectivity index (χ0v) is 15.2. The molecule has 0 bridgehead atoms. The molecule has 1 amide bonds. The fraction of sp³-hybridized carbons (Fsp3) is 0.250. The number of fused-ring (bicyclic) bond motifs is 1. The predicted octanol–water partition coefficient (Wildman–Crippen LogP) is 2.75. The van der Waals surface area contributed by atoms with E-state index in [2.05, 4.69) is 31.0 Å². The van der Waals surface area contributed by atoms with E-state index in [1.54, 1.807) is 0 Å². The molecular formula is C20H20N6O2. The second-order valence-electron chi connectivity index (χ2n) is 6.40. The molecule has 1 aliphatic heterocycles. The number of rotatable bonds is 8. The van der Waals surface area contributed by atoms with Crippen LogP contribution >= 0.6 is 0 Å². The van der Waals surface area contributed by atoms with Gasteiger partial charge in [0, 0.05) is 17.7 Å². The van der Waals surface area contributed by atoms with Crippen molar-refractivity contribution in [2.45, 2.75) is 13.0 Å². The van der Waals surface area contributed by atoms with E-state index in [4.69, 9.17) is 4.52 Å². The van der Waals surface area contributed by atoms with Gasteiger partial charge in [0.2, 0.25) is 11.7 Å². The fourth-order valence-electron chi connectivity index (χ4n) is 2.99. The number of nitrogens with one attached hydrogen (secondary N) is 2. The molecular weight excluding hydrogens is 356 g/mol. The highest BCUT2D eigenvalue weighted by Crippen LogP contribution is 2.27. The summed E-state index contributed by atoms with van der Waals surface area (Å²) in [5, 5.41) is 18.3. The Morgan fingerprint density at radius 1 is 1.07 bits per heavy atom. The number of benzene rings is 1. The molecule has 142 valence electrons. The molecule has 1 atom stereocenters. The number of aromatic nitrogens is 2. The highest BCUT2D eigenvalue weighted by atomic mass is 16.5. The molecule has 1 aromatic carbocycles. The number of carbonyl (C=O) groups is 1. The third-order valence-electron chi connectivity index (χ3n) is 4.41. The Labute approximate surface area is 162 Å². The zero-order valence-electron chi connectivity index (χ0n) is 15.2. The summed E-state index contributed by atoms with van der Waals surface area (Å²) in [6.07, 6.45) is 8.37. The van der Waals surface area contributed by atoms with E-state index in [1.165, 1.54) is 0 Å². The quantitative estimate of drug-likeness (QED) is 0.687. The Kier molecular flexibility index (Phi) is 5.48. The van der Waals surface area contributed by atoms with Crippen molar-refractivity contribution in [3.63, 3.8) is 0 Å². The highest BCUT2D eigenvalue weighted by Gasteiger charge is 2.26. The van der Waals surface area contributed by atoms with Crippen LogP contribution in [-0.2, 0) is 11.3 Å². The first-order chi connectivity index (χ1) is 13.8. The van der Waals surface area contributed by atoms with Crippen LogP contribution in [-0.4, -0.2) is 29.1 Å². The molecule has 0 radical (unpaired) electrons. The summed E-state index contributed by atoms with van der Waals surface area (Å²) >= 11 is 0. The minimum atomic E-state index is -0.320. The summed E-state index contributed by atoms with van der Waals surface area (Å²) in [5.41, 5.74) is 1.80. The standard InChI is InChI=1S/C20H20N6O2/c27-20-16-10-5-4-9-15(16)19(24-25-20)22-12-6-11-21-13-17-23-18(26-28-17)14-7-2-1-3-8-14/h1-5,7-10,16,21-22H,6,11-13H2. The molecule has 28 heavy (non-hydrogen) atoms. The molecule has 0 spiro atoms. The van der Waals surface area contributed by atoms with Gasteiger partial charge >= 0.3 is 0 Å². The molecule has 4 rings (SSSR count). The van der Waals surface area contributed by atoms with Gasteiger partial charge in [0.25, 0.3) is 5.91 Å². The van der Waals surface area contributed by atoms with E-state index in [-0.39, 0.29) is 11.8 Å². The van der Waals surface area contributed by atoms with Gasteiger partial charge in [0.05, 0.1) is 12.5 Å². The predicted molar refractivity (Wildman–Crippen MR) is 103 cm³/mol. The van der Waals surface area contributed by atoms with Gasteiger partial charge in [-0.25, -0.2) is 0 Å². The second kappa shape index (κ2) is 8.53. The second-order valence-corrected chi connectivity index (χ2v) is 6.40. The van der Waals surface area contributed by atoms with E-state index in [0.717, 1.165) is 24.1 Å². The van der Waals surface area contributed by atoms with Gasteiger partial charge < -0.3 is 15.2 Å². The highest BCUT2D eigenvalue weighted by molar-refractivity contribution is 5.86. The van der Waals surface area contributed by atoms with Gasteiger partial charge in [0.1, 0.15) is 0 Å². The average molecular weight is 376 g/mol. The van der Waals surface area contributed by atoms with Crippen molar-refractivity contribution in [2.24, 2.45) is 16.1 Å². The lowest BCUT2D eigenvalue weighted by atomic mass is 9.93.